The van der Waals surface area contributed by atoms with Crippen LogP contribution in [0.25, 0.3) is 0 Å². The summed E-state index contributed by atoms with van der Waals surface area (Å²) in [5, 5.41) is 6.07. The third kappa shape index (κ3) is 4.86. The molecular formula is C22H22N2O2. The molecule has 1 amide bonds. The number of ether oxygens (including phenoxy) is 1. The summed E-state index contributed by atoms with van der Waals surface area (Å²) in [6.45, 7) is 4.26. The van der Waals surface area contributed by atoms with Gasteiger partial charge in [-0.3, -0.25) is 4.79 Å². The van der Waals surface area contributed by atoms with Crippen LogP contribution in [0.5, 0.6) is 11.5 Å². The molecule has 0 bridgehead atoms. The first-order chi connectivity index (χ1) is 12.6. The molecule has 4 nitrogen and oxygen atoms in total. The Hall–Kier alpha value is -3.27. The van der Waals surface area contributed by atoms with Crippen molar-refractivity contribution in [1.29, 1.82) is 0 Å². The summed E-state index contributed by atoms with van der Waals surface area (Å²) in [6.07, 6.45) is 0. The molecule has 0 radical (unpaired) electrons. The van der Waals surface area contributed by atoms with Crippen molar-refractivity contribution in [3.8, 4) is 11.5 Å². The van der Waals surface area contributed by atoms with Crippen LogP contribution in [0.1, 0.15) is 11.1 Å². The predicted octanol–water partition coefficient (Wildman–Crippen LogP) is 5.15. The van der Waals surface area contributed by atoms with Crippen LogP contribution in [0, 0.1) is 13.8 Å². The quantitative estimate of drug-likeness (QED) is 0.649. The van der Waals surface area contributed by atoms with Gasteiger partial charge in [-0.1, -0.05) is 36.4 Å². The van der Waals surface area contributed by atoms with Gasteiger partial charge in [0, 0.05) is 5.69 Å². The molecule has 0 atom stereocenters. The minimum Gasteiger partial charge on any atom is -0.455 e. The average Bonchev–Trinajstić information content (AvgIpc) is 2.62. The number of aryl methyl sites for hydroxylation is 2. The van der Waals surface area contributed by atoms with Gasteiger partial charge in [0.25, 0.3) is 0 Å². The van der Waals surface area contributed by atoms with Crippen molar-refractivity contribution in [1.82, 2.24) is 0 Å². The Morgan fingerprint density at radius 2 is 1.54 bits per heavy atom. The van der Waals surface area contributed by atoms with Gasteiger partial charge in [0.1, 0.15) is 5.75 Å². The van der Waals surface area contributed by atoms with Crippen molar-refractivity contribution in [2.45, 2.75) is 13.8 Å². The van der Waals surface area contributed by atoms with Crippen LogP contribution in [0.15, 0.2) is 72.8 Å². The number of anilines is 2. The molecule has 0 aliphatic rings. The molecule has 132 valence electrons. The maximum atomic E-state index is 12.3. The molecule has 26 heavy (non-hydrogen) atoms. The Labute approximate surface area is 153 Å². The Morgan fingerprint density at radius 3 is 2.27 bits per heavy atom. The first-order valence-electron chi connectivity index (χ1n) is 8.54. The number of amides is 1. The van der Waals surface area contributed by atoms with Gasteiger partial charge < -0.3 is 15.4 Å². The van der Waals surface area contributed by atoms with Crippen LogP contribution in [0.2, 0.25) is 0 Å². The second kappa shape index (κ2) is 8.21. The van der Waals surface area contributed by atoms with Gasteiger partial charge >= 0.3 is 0 Å². The zero-order valence-corrected chi connectivity index (χ0v) is 15.0. The van der Waals surface area contributed by atoms with Crippen molar-refractivity contribution >= 4 is 17.3 Å². The van der Waals surface area contributed by atoms with Gasteiger partial charge in [0.15, 0.2) is 5.75 Å². The second-order valence-corrected chi connectivity index (χ2v) is 6.19. The summed E-state index contributed by atoms with van der Waals surface area (Å²) in [5.41, 5.74) is 3.90. The predicted molar refractivity (Wildman–Crippen MR) is 106 cm³/mol. The molecule has 0 heterocycles. The number of rotatable bonds is 6. The molecule has 0 aliphatic heterocycles. The molecule has 3 aromatic rings. The summed E-state index contributed by atoms with van der Waals surface area (Å²) in [7, 11) is 0. The normalized spacial score (nSPS) is 10.2. The molecule has 3 aromatic carbocycles. The van der Waals surface area contributed by atoms with E-state index in [1.54, 1.807) is 0 Å². The maximum Gasteiger partial charge on any atom is 0.243 e. The molecule has 0 fully saturated rings. The largest absolute Gasteiger partial charge is 0.455 e. The monoisotopic (exact) mass is 346 g/mol. The van der Waals surface area contributed by atoms with Gasteiger partial charge in [0.05, 0.1) is 12.2 Å². The van der Waals surface area contributed by atoms with Gasteiger partial charge in [-0.05, 0) is 61.4 Å². The van der Waals surface area contributed by atoms with Crippen LogP contribution < -0.4 is 15.4 Å². The zero-order chi connectivity index (χ0) is 18.4. The average molecular weight is 346 g/mol. The van der Waals surface area contributed by atoms with Gasteiger partial charge in [0.2, 0.25) is 5.91 Å². The first kappa shape index (κ1) is 17.5. The lowest BCUT2D eigenvalue weighted by molar-refractivity contribution is -0.114. The Bertz CT molecular complexity index is 871. The van der Waals surface area contributed by atoms with E-state index in [1.165, 1.54) is 0 Å². The number of hydrogen-bond donors (Lipinski definition) is 2. The van der Waals surface area contributed by atoms with Crippen molar-refractivity contribution in [3.05, 3.63) is 83.9 Å². The lowest BCUT2D eigenvalue weighted by Gasteiger charge is -2.13. The van der Waals surface area contributed by atoms with Gasteiger partial charge in [-0.25, -0.2) is 0 Å². The van der Waals surface area contributed by atoms with E-state index in [2.05, 4.69) is 16.7 Å². The summed E-state index contributed by atoms with van der Waals surface area (Å²) in [5.74, 6) is 1.20. The highest BCUT2D eigenvalue weighted by molar-refractivity contribution is 5.95. The molecule has 2 N–H and O–H groups in total. The van der Waals surface area contributed by atoms with Crippen LogP contribution in [0.3, 0.4) is 0 Å². The van der Waals surface area contributed by atoms with E-state index in [-0.39, 0.29) is 12.5 Å². The van der Waals surface area contributed by atoms with E-state index in [0.717, 1.165) is 22.6 Å². The molecule has 0 spiro atoms. The van der Waals surface area contributed by atoms with Gasteiger partial charge in [-0.2, -0.15) is 0 Å². The van der Waals surface area contributed by atoms with Crippen LogP contribution in [0.4, 0.5) is 11.4 Å². The van der Waals surface area contributed by atoms with Crippen LogP contribution in [-0.2, 0) is 4.79 Å². The number of nitrogens with one attached hydrogen (secondary N) is 2. The van der Waals surface area contributed by atoms with E-state index >= 15 is 0 Å². The highest BCUT2D eigenvalue weighted by Gasteiger charge is 2.08. The van der Waals surface area contributed by atoms with Crippen LogP contribution in [-0.4, -0.2) is 12.5 Å². The number of benzene rings is 3. The smallest absolute Gasteiger partial charge is 0.243 e. The molecule has 0 saturated heterocycles. The third-order valence-electron chi connectivity index (χ3n) is 3.81. The topological polar surface area (TPSA) is 50.4 Å². The fourth-order valence-electron chi connectivity index (χ4n) is 2.73. The number of carbonyl (C=O) groups excluding carboxylic acids is 1. The van der Waals surface area contributed by atoms with E-state index in [9.17, 15) is 4.79 Å². The van der Waals surface area contributed by atoms with E-state index in [4.69, 9.17) is 4.74 Å². The lowest BCUT2D eigenvalue weighted by atomic mass is 10.1. The van der Waals surface area contributed by atoms with Gasteiger partial charge in [-0.15, -0.1) is 0 Å². The van der Waals surface area contributed by atoms with Crippen molar-refractivity contribution in [3.63, 3.8) is 0 Å². The summed E-state index contributed by atoms with van der Waals surface area (Å²) in [6, 6.07) is 23.0. The molecule has 0 saturated carbocycles. The Morgan fingerprint density at radius 1 is 0.885 bits per heavy atom. The van der Waals surface area contributed by atoms with E-state index in [1.807, 2.05) is 80.6 Å². The summed E-state index contributed by atoms with van der Waals surface area (Å²) >= 11 is 0. The SMILES string of the molecule is Cc1cc(C)cc(NCC(=O)Nc2ccccc2Oc2ccccc2)c1. The Balaban J connectivity index is 1.64. The van der Waals surface area contributed by atoms with Crippen molar-refractivity contribution in [2.75, 3.05) is 17.2 Å². The molecule has 0 unspecified atom stereocenters. The molecule has 0 aromatic heterocycles. The van der Waals surface area contributed by atoms with Crippen LogP contribution >= 0.6 is 0 Å². The number of carbonyl (C=O) groups is 1. The molecular weight excluding hydrogens is 324 g/mol. The summed E-state index contributed by atoms with van der Waals surface area (Å²) < 4.78 is 5.87. The highest BCUT2D eigenvalue weighted by Crippen LogP contribution is 2.29. The highest BCUT2D eigenvalue weighted by atomic mass is 16.5. The fraction of sp³-hybridized carbons (Fsp3) is 0.136. The third-order valence-corrected chi connectivity index (χ3v) is 3.81. The molecule has 3 rings (SSSR count). The van der Waals surface area contributed by atoms with E-state index < -0.39 is 0 Å². The minimum absolute atomic E-state index is 0.131. The minimum atomic E-state index is -0.131. The summed E-state index contributed by atoms with van der Waals surface area (Å²) in [4.78, 5) is 12.3. The molecule has 0 aliphatic carbocycles. The fourth-order valence-corrected chi connectivity index (χ4v) is 2.73. The van der Waals surface area contributed by atoms with Crippen molar-refractivity contribution < 1.29 is 9.53 Å². The number of hydrogen-bond acceptors (Lipinski definition) is 3. The first-order valence-corrected chi connectivity index (χ1v) is 8.54. The van der Waals surface area contributed by atoms with E-state index in [0.29, 0.717) is 11.4 Å². The standard InChI is InChI=1S/C22H22N2O2/c1-16-12-17(2)14-18(13-16)23-15-22(25)24-20-10-6-7-11-21(20)26-19-8-4-3-5-9-19/h3-14,23H,15H2,1-2H3,(H,24,25). The maximum absolute atomic E-state index is 12.3. The zero-order valence-electron chi connectivity index (χ0n) is 15.0. The number of para-hydroxylation sites is 3. The Kier molecular flexibility index (Phi) is 5.54. The lowest BCUT2D eigenvalue weighted by Crippen LogP contribution is -2.22. The van der Waals surface area contributed by atoms with Crippen molar-refractivity contribution in [2.24, 2.45) is 0 Å². The molecule has 4 heteroatoms. The second-order valence-electron chi connectivity index (χ2n) is 6.19.